The summed E-state index contributed by atoms with van der Waals surface area (Å²) < 4.78 is 5.40. The molecule has 17 heavy (non-hydrogen) atoms. The van der Waals surface area contributed by atoms with Gasteiger partial charge in [0.25, 0.3) is 0 Å². The highest BCUT2D eigenvalue weighted by Crippen LogP contribution is 2.01. The maximum absolute atomic E-state index is 11.7. The first-order chi connectivity index (χ1) is 8.36. The molecule has 1 aromatic carbocycles. The van der Waals surface area contributed by atoms with Crippen LogP contribution >= 0.6 is 0 Å². The van der Waals surface area contributed by atoms with E-state index in [0.29, 0.717) is 13.2 Å². The van der Waals surface area contributed by atoms with E-state index in [-0.39, 0.29) is 18.4 Å². The van der Waals surface area contributed by atoms with E-state index < -0.39 is 0 Å². The number of hydrogen-bond acceptors (Lipinski definition) is 3. The molecule has 0 spiro atoms. The third-order valence-corrected chi connectivity index (χ3v) is 2.70. The molecule has 1 atom stereocenters. The molecule has 1 aliphatic heterocycles. The summed E-state index contributed by atoms with van der Waals surface area (Å²) in [5, 5.41) is 7.42. The van der Waals surface area contributed by atoms with Crippen molar-refractivity contribution in [2.75, 3.05) is 26.2 Å². The molecule has 0 aromatic heterocycles. The number of carbonyl (C=O) groups is 1. The zero-order valence-electron chi connectivity index (χ0n) is 9.76. The molecule has 91 valence electrons. The minimum atomic E-state index is -0.223. The van der Waals surface area contributed by atoms with Crippen LogP contribution in [0.1, 0.15) is 5.56 Å². The van der Waals surface area contributed by atoms with Gasteiger partial charge in [-0.15, -0.1) is 0 Å². The molecular formula is C13H17N2O2. The van der Waals surface area contributed by atoms with Gasteiger partial charge in [-0.2, -0.15) is 0 Å². The van der Waals surface area contributed by atoms with Crippen molar-refractivity contribution in [2.24, 2.45) is 0 Å². The first kappa shape index (κ1) is 12.2. The number of ether oxygens (including phenoxy) is 1. The van der Waals surface area contributed by atoms with Crippen LogP contribution in [0.2, 0.25) is 0 Å². The van der Waals surface area contributed by atoms with Gasteiger partial charge in [0.1, 0.15) is 6.61 Å². The second-order valence-electron chi connectivity index (χ2n) is 4.07. The first-order valence-corrected chi connectivity index (χ1v) is 5.88. The van der Waals surface area contributed by atoms with E-state index in [2.05, 4.69) is 10.6 Å². The minimum Gasteiger partial charge on any atom is -0.369 e. The summed E-state index contributed by atoms with van der Waals surface area (Å²) in [5.74, 6) is 0.0631. The van der Waals surface area contributed by atoms with Crippen molar-refractivity contribution in [3.63, 3.8) is 0 Å². The van der Waals surface area contributed by atoms with Gasteiger partial charge in [0.05, 0.1) is 12.6 Å². The first-order valence-electron chi connectivity index (χ1n) is 5.88. The second-order valence-corrected chi connectivity index (χ2v) is 4.07. The van der Waals surface area contributed by atoms with Crippen molar-refractivity contribution in [3.05, 3.63) is 35.9 Å². The number of rotatable bonds is 5. The van der Waals surface area contributed by atoms with Crippen LogP contribution in [0.25, 0.3) is 0 Å². The van der Waals surface area contributed by atoms with Crippen molar-refractivity contribution in [1.82, 2.24) is 10.6 Å². The van der Waals surface area contributed by atoms with Gasteiger partial charge in [-0.1, -0.05) is 30.3 Å². The van der Waals surface area contributed by atoms with Gasteiger partial charge in [0, 0.05) is 19.6 Å². The average molecular weight is 233 g/mol. The van der Waals surface area contributed by atoms with Gasteiger partial charge in [0.15, 0.2) is 5.78 Å². The summed E-state index contributed by atoms with van der Waals surface area (Å²) in [4.78, 5) is 11.7. The van der Waals surface area contributed by atoms with Gasteiger partial charge in [0.2, 0.25) is 0 Å². The lowest BCUT2D eigenvalue weighted by Crippen LogP contribution is -2.49. The molecule has 1 saturated heterocycles. The van der Waals surface area contributed by atoms with E-state index >= 15 is 0 Å². The number of benzene rings is 1. The fourth-order valence-electron chi connectivity index (χ4n) is 1.76. The largest absolute Gasteiger partial charge is 0.369 e. The van der Waals surface area contributed by atoms with Crippen LogP contribution in [0.15, 0.2) is 30.3 Å². The van der Waals surface area contributed by atoms with Crippen LogP contribution in [0, 0.1) is 0 Å². The molecule has 0 saturated carbocycles. The van der Waals surface area contributed by atoms with E-state index in [1.807, 2.05) is 30.3 Å². The Labute approximate surface area is 101 Å². The molecule has 4 nitrogen and oxygen atoms in total. The van der Waals surface area contributed by atoms with E-state index in [4.69, 9.17) is 4.74 Å². The quantitative estimate of drug-likeness (QED) is 0.798. The van der Waals surface area contributed by atoms with Crippen LogP contribution in [-0.2, 0) is 16.1 Å². The molecule has 4 heteroatoms. The molecule has 1 N–H and O–H groups in total. The monoisotopic (exact) mass is 233 g/mol. The Balaban J connectivity index is 1.69. The Morgan fingerprint density at radius 2 is 2.24 bits per heavy atom. The molecule has 1 radical (unpaired) electrons. The van der Waals surface area contributed by atoms with Gasteiger partial charge >= 0.3 is 0 Å². The van der Waals surface area contributed by atoms with Crippen LogP contribution in [-0.4, -0.2) is 38.1 Å². The van der Waals surface area contributed by atoms with Gasteiger partial charge in [-0.3, -0.25) is 4.79 Å². The fourth-order valence-corrected chi connectivity index (χ4v) is 1.76. The normalized spacial score (nSPS) is 20.1. The SMILES string of the molecule is O=C(COCc1ccccc1)C1CNCC[N]1. The molecule has 2 rings (SSSR count). The summed E-state index contributed by atoms with van der Waals surface area (Å²) in [6, 6.07) is 9.62. The third-order valence-electron chi connectivity index (χ3n) is 2.70. The summed E-state index contributed by atoms with van der Waals surface area (Å²) in [6.45, 7) is 2.86. The molecule has 1 aliphatic rings. The van der Waals surface area contributed by atoms with Crippen LogP contribution < -0.4 is 10.6 Å². The molecular weight excluding hydrogens is 216 g/mol. The predicted octanol–water partition coefficient (Wildman–Crippen LogP) is 0.349. The van der Waals surface area contributed by atoms with Gasteiger partial charge < -0.3 is 10.1 Å². The number of nitrogens with one attached hydrogen (secondary N) is 1. The Morgan fingerprint density at radius 3 is 2.94 bits per heavy atom. The second kappa shape index (κ2) is 6.49. The highest BCUT2D eigenvalue weighted by molar-refractivity contribution is 5.85. The topological polar surface area (TPSA) is 52.4 Å². The standard InChI is InChI=1S/C13H17N2O2/c16-13(12-8-14-6-7-15-12)10-17-9-11-4-2-1-3-5-11/h1-5,12,14H,6-10H2. The Morgan fingerprint density at radius 1 is 1.41 bits per heavy atom. The number of Topliss-reactive ketones (excluding diaryl/α,β-unsaturated/α-hetero) is 1. The molecule has 0 bridgehead atoms. The fraction of sp³-hybridized carbons (Fsp3) is 0.462. The van der Waals surface area contributed by atoms with E-state index in [1.165, 1.54) is 0 Å². The number of nitrogens with zero attached hydrogens (tertiary/aromatic N) is 1. The van der Waals surface area contributed by atoms with Crippen molar-refractivity contribution < 1.29 is 9.53 Å². The maximum atomic E-state index is 11.7. The highest BCUT2D eigenvalue weighted by atomic mass is 16.5. The molecule has 0 amide bonds. The average Bonchev–Trinajstić information content (AvgIpc) is 2.41. The highest BCUT2D eigenvalue weighted by Gasteiger charge is 2.21. The van der Waals surface area contributed by atoms with Crippen molar-refractivity contribution >= 4 is 5.78 Å². The number of hydrogen-bond donors (Lipinski definition) is 1. The Bertz CT molecular complexity index is 348. The summed E-state index contributed by atoms with van der Waals surface area (Å²) in [7, 11) is 0. The molecule has 1 unspecified atom stereocenters. The lowest BCUT2D eigenvalue weighted by molar-refractivity contribution is -0.126. The van der Waals surface area contributed by atoms with Crippen LogP contribution in [0.3, 0.4) is 0 Å². The van der Waals surface area contributed by atoms with Crippen molar-refractivity contribution in [1.29, 1.82) is 0 Å². The van der Waals surface area contributed by atoms with E-state index in [0.717, 1.165) is 18.7 Å². The van der Waals surface area contributed by atoms with Crippen molar-refractivity contribution in [3.8, 4) is 0 Å². The Hall–Kier alpha value is -1.23. The molecule has 0 aliphatic carbocycles. The van der Waals surface area contributed by atoms with Crippen LogP contribution in [0.5, 0.6) is 0 Å². The summed E-state index contributed by atoms with van der Waals surface area (Å²) in [5.41, 5.74) is 1.08. The minimum absolute atomic E-state index is 0.0631. The zero-order chi connectivity index (χ0) is 11.9. The summed E-state index contributed by atoms with van der Waals surface area (Å²) >= 11 is 0. The summed E-state index contributed by atoms with van der Waals surface area (Å²) in [6.07, 6.45) is 0. The van der Waals surface area contributed by atoms with E-state index in [9.17, 15) is 4.79 Å². The predicted molar refractivity (Wildman–Crippen MR) is 64.8 cm³/mol. The molecule has 1 heterocycles. The smallest absolute Gasteiger partial charge is 0.178 e. The van der Waals surface area contributed by atoms with Gasteiger partial charge in [-0.05, 0) is 5.56 Å². The number of ketones is 1. The van der Waals surface area contributed by atoms with Gasteiger partial charge in [-0.25, -0.2) is 5.32 Å². The zero-order valence-corrected chi connectivity index (χ0v) is 9.76. The number of carbonyl (C=O) groups excluding carboxylic acids is 1. The van der Waals surface area contributed by atoms with E-state index in [1.54, 1.807) is 0 Å². The lowest BCUT2D eigenvalue weighted by atomic mass is 10.1. The number of piperazine rings is 1. The molecule has 1 aromatic rings. The molecule has 1 fully saturated rings. The van der Waals surface area contributed by atoms with Crippen molar-refractivity contribution in [2.45, 2.75) is 12.6 Å². The maximum Gasteiger partial charge on any atom is 0.178 e. The third kappa shape index (κ3) is 3.93. The lowest BCUT2D eigenvalue weighted by Gasteiger charge is -2.21. The van der Waals surface area contributed by atoms with Crippen LogP contribution in [0.4, 0.5) is 0 Å². The Kier molecular flexibility index (Phi) is 4.67.